The zero-order valence-electron chi connectivity index (χ0n) is 13.2. The molecule has 1 aromatic rings. The maximum absolute atomic E-state index is 12.7. The van der Waals surface area contributed by atoms with E-state index >= 15 is 0 Å². The number of amides is 3. The lowest BCUT2D eigenvalue weighted by Gasteiger charge is -2.31. The summed E-state index contributed by atoms with van der Waals surface area (Å²) in [6, 6.07) is -0.711. The molecule has 3 rings (SSSR count). The minimum atomic E-state index is -0.655. The van der Waals surface area contributed by atoms with Crippen LogP contribution in [0.15, 0.2) is 28.3 Å². The first-order valence-corrected chi connectivity index (χ1v) is 7.09. The molecule has 0 bridgehead atoms. The Morgan fingerprint density at radius 3 is 2.73 bits per heavy atom. The zero-order chi connectivity index (χ0) is 16.2. The number of aromatic nitrogens is 1. The number of fused-ring (bicyclic) bond motifs is 3. The van der Waals surface area contributed by atoms with Crippen molar-refractivity contribution >= 4 is 23.8 Å². The van der Waals surface area contributed by atoms with E-state index < -0.39 is 12.1 Å². The number of likely N-dealkylation sites (N-methyl/N-ethyl adjacent to an activating group) is 1. The Hall–Kier alpha value is -2.44. The van der Waals surface area contributed by atoms with E-state index in [9.17, 15) is 9.59 Å². The molecule has 7 heteroatoms. The number of nitrogens with zero attached hydrogens (tertiary/aromatic N) is 4. The quantitative estimate of drug-likeness (QED) is 0.614. The zero-order valence-corrected chi connectivity index (χ0v) is 13.2. The largest absolute Gasteiger partial charge is 0.506 e. The molecule has 0 N–H and O–H groups in total. The van der Waals surface area contributed by atoms with Crippen LogP contribution in [0.1, 0.15) is 32.6 Å². The second kappa shape index (κ2) is 4.53. The molecule has 3 amide bonds. The molecule has 3 heterocycles. The fourth-order valence-electron chi connectivity index (χ4n) is 2.56. The van der Waals surface area contributed by atoms with Crippen molar-refractivity contribution < 1.29 is 18.6 Å². The van der Waals surface area contributed by atoms with E-state index in [4.69, 9.17) is 4.42 Å². The van der Waals surface area contributed by atoms with E-state index in [2.05, 4.69) is 11.6 Å². The van der Waals surface area contributed by atoms with Crippen molar-refractivity contribution in [3.05, 3.63) is 24.6 Å². The molecule has 1 aromatic heterocycles. The lowest BCUT2D eigenvalue weighted by atomic mass is 9.94. The number of rotatable bonds is 2. The Balaban J connectivity index is 2.07. The number of carbonyl (C=O) groups is 2. The van der Waals surface area contributed by atoms with Gasteiger partial charge in [-0.25, -0.2) is 4.79 Å². The van der Waals surface area contributed by atoms with Crippen LogP contribution in [-0.4, -0.2) is 41.2 Å². The second-order valence-electron chi connectivity index (χ2n) is 6.49. The summed E-state index contributed by atoms with van der Waals surface area (Å²) in [6.07, 6.45) is 3.33. The van der Waals surface area contributed by atoms with Gasteiger partial charge in [0, 0.05) is 24.0 Å². The van der Waals surface area contributed by atoms with Crippen molar-refractivity contribution in [1.82, 2.24) is 9.80 Å². The van der Waals surface area contributed by atoms with Gasteiger partial charge < -0.3 is 4.42 Å². The van der Waals surface area contributed by atoms with Crippen molar-refractivity contribution in [2.45, 2.75) is 32.2 Å². The fourth-order valence-corrected chi connectivity index (χ4v) is 2.56. The average molecular weight is 303 g/mol. The van der Waals surface area contributed by atoms with Gasteiger partial charge in [-0.05, 0) is 0 Å². The highest BCUT2D eigenvalue weighted by molar-refractivity contribution is 6.19. The number of oxazole rings is 1. The first-order chi connectivity index (χ1) is 10.3. The molecule has 0 aliphatic carbocycles. The SMILES string of the molecule is C=CCN1C(=O)C2C(=Nc3oc(C(C)(C)C)c[n+]32)N(C)C1=O. The molecule has 0 radical (unpaired) electrons. The highest BCUT2D eigenvalue weighted by Crippen LogP contribution is 2.32. The minimum absolute atomic E-state index is 0.172. The molecule has 7 nitrogen and oxygen atoms in total. The van der Waals surface area contributed by atoms with Gasteiger partial charge in [-0.1, -0.05) is 26.8 Å². The van der Waals surface area contributed by atoms with E-state index in [-0.39, 0.29) is 17.9 Å². The van der Waals surface area contributed by atoms with Gasteiger partial charge in [0.1, 0.15) is 6.20 Å². The van der Waals surface area contributed by atoms with Crippen LogP contribution in [0.2, 0.25) is 0 Å². The fraction of sp³-hybridized carbons (Fsp3) is 0.467. The maximum atomic E-state index is 12.7. The standard InChI is InChI=1S/C15H19N4O3/c1-6-7-18-12(20)10-11(17(5)14(18)21)16-13-19(10)8-9(22-13)15(2,3)4/h6,8,10H,1,7H2,2-5H3/q+1. The van der Waals surface area contributed by atoms with Crippen LogP contribution in [0.5, 0.6) is 0 Å². The number of amidine groups is 1. The van der Waals surface area contributed by atoms with Gasteiger partial charge in [-0.15, -0.1) is 6.58 Å². The molecular formula is C15H19N4O3+. The molecular weight excluding hydrogens is 284 g/mol. The van der Waals surface area contributed by atoms with E-state index in [0.717, 1.165) is 5.76 Å². The number of hydrogen-bond donors (Lipinski definition) is 0. The van der Waals surface area contributed by atoms with Crippen molar-refractivity contribution in [2.24, 2.45) is 4.99 Å². The summed E-state index contributed by atoms with van der Waals surface area (Å²) in [5, 5.41) is 0. The van der Waals surface area contributed by atoms with Crippen molar-refractivity contribution in [1.29, 1.82) is 0 Å². The number of aliphatic imine (C=N–C) groups is 1. The van der Waals surface area contributed by atoms with E-state index in [1.807, 2.05) is 20.8 Å². The summed E-state index contributed by atoms with van der Waals surface area (Å²) >= 11 is 0. The third kappa shape index (κ3) is 1.88. The van der Waals surface area contributed by atoms with Crippen LogP contribution in [-0.2, 0) is 10.2 Å². The highest BCUT2D eigenvalue weighted by atomic mass is 16.4. The number of urea groups is 1. The summed E-state index contributed by atoms with van der Waals surface area (Å²) in [7, 11) is 1.60. The summed E-state index contributed by atoms with van der Waals surface area (Å²) in [5.74, 6) is 0.828. The van der Waals surface area contributed by atoms with Crippen LogP contribution >= 0.6 is 0 Å². The normalized spacial score (nSPS) is 20.9. The highest BCUT2D eigenvalue weighted by Gasteiger charge is 2.55. The molecule has 1 fully saturated rings. The van der Waals surface area contributed by atoms with Crippen molar-refractivity contribution in [2.75, 3.05) is 13.6 Å². The summed E-state index contributed by atoms with van der Waals surface area (Å²) in [4.78, 5) is 31.8. The Morgan fingerprint density at radius 2 is 2.14 bits per heavy atom. The van der Waals surface area contributed by atoms with Crippen LogP contribution in [0, 0.1) is 0 Å². The average Bonchev–Trinajstić information content (AvgIpc) is 2.98. The van der Waals surface area contributed by atoms with Crippen molar-refractivity contribution in [3.63, 3.8) is 0 Å². The lowest BCUT2D eigenvalue weighted by Crippen LogP contribution is -2.62. The molecule has 2 aliphatic rings. The molecule has 1 saturated heterocycles. The first kappa shape index (κ1) is 14.5. The smallest absolute Gasteiger partial charge is 0.389 e. The third-order valence-corrected chi connectivity index (χ3v) is 3.82. The minimum Gasteiger partial charge on any atom is -0.389 e. The molecule has 0 spiro atoms. The predicted molar refractivity (Wildman–Crippen MR) is 78.8 cm³/mol. The van der Waals surface area contributed by atoms with Crippen LogP contribution in [0.25, 0.3) is 0 Å². The van der Waals surface area contributed by atoms with Gasteiger partial charge in [0.2, 0.25) is 0 Å². The Labute approximate surface area is 128 Å². The topological polar surface area (TPSA) is 70.0 Å². The number of carbonyl (C=O) groups excluding carboxylic acids is 2. The molecule has 116 valence electrons. The van der Waals surface area contributed by atoms with Crippen LogP contribution in [0.4, 0.5) is 10.8 Å². The second-order valence-corrected chi connectivity index (χ2v) is 6.49. The van der Waals surface area contributed by atoms with E-state index in [1.54, 1.807) is 17.8 Å². The van der Waals surface area contributed by atoms with Crippen molar-refractivity contribution in [3.8, 4) is 0 Å². The predicted octanol–water partition coefficient (Wildman–Crippen LogP) is 1.53. The van der Waals surface area contributed by atoms with Gasteiger partial charge in [0.15, 0.2) is 5.76 Å². The van der Waals surface area contributed by atoms with E-state index in [1.165, 1.54) is 15.9 Å². The summed E-state index contributed by atoms with van der Waals surface area (Å²) < 4.78 is 7.45. The van der Waals surface area contributed by atoms with Gasteiger partial charge in [-0.3, -0.25) is 14.6 Å². The molecule has 0 aromatic carbocycles. The third-order valence-electron chi connectivity index (χ3n) is 3.82. The maximum Gasteiger partial charge on any atom is 0.506 e. The molecule has 1 atom stereocenters. The molecule has 22 heavy (non-hydrogen) atoms. The number of hydrogen-bond acceptors (Lipinski definition) is 4. The molecule has 0 saturated carbocycles. The Kier molecular flexibility index (Phi) is 2.98. The molecule has 2 aliphatic heterocycles. The molecule has 1 unspecified atom stereocenters. The number of imide groups is 1. The van der Waals surface area contributed by atoms with Crippen LogP contribution < -0.4 is 4.57 Å². The van der Waals surface area contributed by atoms with Crippen LogP contribution in [0.3, 0.4) is 0 Å². The summed E-state index contributed by atoms with van der Waals surface area (Å²) in [5.41, 5.74) is -0.187. The Morgan fingerprint density at radius 1 is 1.45 bits per heavy atom. The first-order valence-electron chi connectivity index (χ1n) is 7.09. The van der Waals surface area contributed by atoms with Gasteiger partial charge in [-0.2, -0.15) is 4.57 Å². The van der Waals surface area contributed by atoms with Gasteiger partial charge >= 0.3 is 12.0 Å². The van der Waals surface area contributed by atoms with Gasteiger partial charge in [0.05, 0.1) is 0 Å². The summed E-state index contributed by atoms with van der Waals surface area (Å²) in [6.45, 7) is 9.83. The lowest BCUT2D eigenvalue weighted by molar-refractivity contribution is -0.679. The van der Waals surface area contributed by atoms with Gasteiger partial charge in [0.25, 0.3) is 17.8 Å². The Bertz CT molecular complexity index is 711. The van der Waals surface area contributed by atoms with E-state index in [0.29, 0.717) is 11.9 Å². The monoisotopic (exact) mass is 303 g/mol.